The second-order valence-corrected chi connectivity index (χ2v) is 5.60. The highest BCUT2D eigenvalue weighted by Crippen LogP contribution is 2.18. The van der Waals surface area contributed by atoms with Crippen LogP contribution in [-0.2, 0) is 11.3 Å². The van der Waals surface area contributed by atoms with Crippen molar-refractivity contribution in [3.05, 3.63) is 34.4 Å². The first-order valence-corrected chi connectivity index (χ1v) is 7.02. The molecule has 0 radical (unpaired) electrons. The number of piperidine rings is 1. The quantitative estimate of drug-likeness (QED) is 0.882. The Balaban J connectivity index is 1.86. The van der Waals surface area contributed by atoms with Crippen LogP contribution in [0.15, 0.2) is 12.1 Å². The number of hydrogen-bond donors (Lipinski definition) is 1. The van der Waals surface area contributed by atoms with Crippen molar-refractivity contribution >= 4 is 0 Å². The van der Waals surface area contributed by atoms with Crippen molar-refractivity contribution in [2.24, 2.45) is 5.92 Å². The normalized spacial score (nSPS) is 20.1. The Morgan fingerprint density at radius 1 is 1.22 bits per heavy atom. The Morgan fingerprint density at radius 2 is 1.94 bits per heavy atom. The van der Waals surface area contributed by atoms with E-state index in [0.29, 0.717) is 5.92 Å². The number of rotatable bonds is 4. The zero-order chi connectivity index (χ0) is 13.0. The van der Waals surface area contributed by atoms with Crippen molar-refractivity contribution in [3.8, 4) is 0 Å². The summed E-state index contributed by atoms with van der Waals surface area (Å²) >= 11 is 0. The van der Waals surface area contributed by atoms with Crippen LogP contribution in [-0.4, -0.2) is 19.7 Å². The molecule has 1 saturated heterocycles. The van der Waals surface area contributed by atoms with E-state index in [0.717, 1.165) is 19.8 Å². The summed E-state index contributed by atoms with van der Waals surface area (Å²) in [5.41, 5.74) is 5.41. The topological polar surface area (TPSA) is 21.3 Å². The van der Waals surface area contributed by atoms with Crippen LogP contribution in [0.4, 0.5) is 0 Å². The summed E-state index contributed by atoms with van der Waals surface area (Å²) in [6, 6.07) is 4.49. The van der Waals surface area contributed by atoms with Crippen molar-refractivity contribution in [1.29, 1.82) is 0 Å². The van der Waals surface area contributed by atoms with Gasteiger partial charge < -0.3 is 10.1 Å². The van der Waals surface area contributed by atoms with Crippen LogP contribution in [0.25, 0.3) is 0 Å². The van der Waals surface area contributed by atoms with Gasteiger partial charge in [0.25, 0.3) is 0 Å². The summed E-state index contributed by atoms with van der Waals surface area (Å²) in [5, 5.41) is 3.43. The van der Waals surface area contributed by atoms with Gasteiger partial charge >= 0.3 is 0 Å². The van der Waals surface area contributed by atoms with Gasteiger partial charge in [0.15, 0.2) is 0 Å². The van der Waals surface area contributed by atoms with Crippen molar-refractivity contribution in [3.63, 3.8) is 0 Å². The first kappa shape index (κ1) is 13.6. The maximum absolute atomic E-state index is 5.92. The predicted molar refractivity (Wildman–Crippen MR) is 75.9 cm³/mol. The molecule has 1 aromatic carbocycles. The minimum Gasteiger partial charge on any atom is -0.376 e. The van der Waals surface area contributed by atoms with E-state index < -0.39 is 0 Å². The third-order valence-electron chi connectivity index (χ3n) is 3.84. The van der Waals surface area contributed by atoms with E-state index in [2.05, 4.69) is 38.2 Å². The van der Waals surface area contributed by atoms with E-state index in [4.69, 9.17) is 4.74 Å². The van der Waals surface area contributed by atoms with E-state index in [1.807, 2.05) is 0 Å². The number of aryl methyl sites for hydroxylation is 3. The molecule has 2 heteroatoms. The van der Waals surface area contributed by atoms with Crippen molar-refractivity contribution in [1.82, 2.24) is 5.32 Å². The molecule has 1 aliphatic rings. The van der Waals surface area contributed by atoms with Crippen LogP contribution < -0.4 is 5.32 Å². The van der Waals surface area contributed by atoms with Gasteiger partial charge in [0.1, 0.15) is 0 Å². The van der Waals surface area contributed by atoms with Gasteiger partial charge in [-0.25, -0.2) is 0 Å². The molecule has 0 aliphatic carbocycles. The van der Waals surface area contributed by atoms with Gasteiger partial charge in [0.2, 0.25) is 0 Å². The molecule has 1 aliphatic heterocycles. The molecule has 0 bridgehead atoms. The Hall–Kier alpha value is -0.860. The molecule has 2 rings (SSSR count). The summed E-state index contributed by atoms with van der Waals surface area (Å²) in [6.45, 7) is 10.5. The van der Waals surface area contributed by atoms with Gasteiger partial charge in [0.05, 0.1) is 13.2 Å². The lowest BCUT2D eigenvalue weighted by Crippen LogP contribution is -2.32. The first-order chi connectivity index (χ1) is 8.66. The molecule has 1 heterocycles. The standard InChI is InChI=1S/C16H25NO/c1-12-7-13(2)16(14(3)8-12)11-18-10-15-5-4-6-17-9-15/h7-8,15,17H,4-6,9-11H2,1-3H3. The highest BCUT2D eigenvalue weighted by molar-refractivity contribution is 5.36. The maximum atomic E-state index is 5.92. The average molecular weight is 247 g/mol. The molecule has 1 atom stereocenters. The van der Waals surface area contributed by atoms with Gasteiger partial charge in [-0.2, -0.15) is 0 Å². The van der Waals surface area contributed by atoms with Crippen molar-refractivity contribution in [2.45, 2.75) is 40.2 Å². The predicted octanol–water partition coefficient (Wildman–Crippen LogP) is 3.13. The Labute approximate surface area is 111 Å². The molecule has 1 fully saturated rings. The van der Waals surface area contributed by atoms with Crippen molar-refractivity contribution < 1.29 is 4.74 Å². The third-order valence-corrected chi connectivity index (χ3v) is 3.84. The van der Waals surface area contributed by atoms with E-state index in [1.165, 1.54) is 41.6 Å². The molecule has 1 N–H and O–H groups in total. The number of ether oxygens (including phenoxy) is 1. The first-order valence-electron chi connectivity index (χ1n) is 7.02. The van der Waals surface area contributed by atoms with E-state index in [1.54, 1.807) is 0 Å². The van der Waals surface area contributed by atoms with Crippen LogP contribution in [0.1, 0.15) is 35.1 Å². The fourth-order valence-corrected chi connectivity index (χ4v) is 2.83. The Morgan fingerprint density at radius 3 is 2.56 bits per heavy atom. The van der Waals surface area contributed by atoms with Gasteiger partial charge in [0, 0.05) is 6.54 Å². The van der Waals surface area contributed by atoms with E-state index in [-0.39, 0.29) is 0 Å². The maximum Gasteiger partial charge on any atom is 0.0722 e. The molecule has 2 nitrogen and oxygen atoms in total. The number of hydrogen-bond acceptors (Lipinski definition) is 2. The van der Waals surface area contributed by atoms with Crippen LogP contribution >= 0.6 is 0 Å². The second kappa shape index (κ2) is 6.35. The summed E-state index contributed by atoms with van der Waals surface area (Å²) in [5.74, 6) is 0.699. The molecule has 18 heavy (non-hydrogen) atoms. The number of nitrogens with one attached hydrogen (secondary N) is 1. The average Bonchev–Trinajstić information content (AvgIpc) is 2.34. The lowest BCUT2D eigenvalue weighted by atomic mass is 9.99. The van der Waals surface area contributed by atoms with Crippen LogP contribution in [0.3, 0.4) is 0 Å². The molecule has 0 spiro atoms. The highest BCUT2D eigenvalue weighted by Gasteiger charge is 2.13. The zero-order valence-corrected chi connectivity index (χ0v) is 11.9. The van der Waals surface area contributed by atoms with Crippen LogP contribution in [0.5, 0.6) is 0 Å². The van der Waals surface area contributed by atoms with Gasteiger partial charge in [-0.05, 0) is 62.8 Å². The molecule has 100 valence electrons. The summed E-state index contributed by atoms with van der Waals surface area (Å²) in [6.07, 6.45) is 2.59. The van der Waals surface area contributed by atoms with E-state index in [9.17, 15) is 0 Å². The third kappa shape index (κ3) is 3.56. The molecule has 0 saturated carbocycles. The van der Waals surface area contributed by atoms with Gasteiger partial charge in [-0.15, -0.1) is 0 Å². The smallest absolute Gasteiger partial charge is 0.0722 e. The van der Waals surface area contributed by atoms with Crippen LogP contribution in [0.2, 0.25) is 0 Å². The fourth-order valence-electron chi connectivity index (χ4n) is 2.83. The summed E-state index contributed by atoms with van der Waals surface area (Å²) in [4.78, 5) is 0. The summed E-state index contributed by atoms with van der Waals surface area (Å²) < 4.78 is 5.92. The molecule has 0 amide bonds. The fraction of sp³-hybridized carbons (Fsp3) is 0.625. The van der Waals surface area contributed by atoms with Gasteiger partial charge in [-0.1, -0.05) is 17.7 Å². The monoisotopic (exact) mass is 247 g/mol. The molecular weight excluding hydrogens is 222 g/mol. The minimum absolute atomic E-state index is 0.699. The Bertz CT molecular complexity index is 371. The second-order valence-electron chi connectivity index (χ2n) is 5.60. The highest BCUT2D eigenvalue weighted by atomic mass is 16.5. The summed E-state index contributed by atoms with van der Waals surface area (Å²) in [7, 11) is 0. The lowest BCUT2D eigenvalue weighted by Gasteiger charge is -2.23. The Kier molecular flexibility index (Phi) is 4.79. The molecule has 1 unspecified atom stereocenters. The number of benzene rings is 1. The van der Waals surface area contributed by atoms with Crippen molar-refractivity contribution in [2.75, 3.05) is 19.7 Å². The molecule has 1 aromatic rings. The SMILES string of the molecule is Cc1cc(C)c(COCC2CCCNC2)c(C)c1. The van der Waals surface area contributed by atoms with E-state index >= 15 is 0 Å². The lowest BCUT2D eigenvalue weighted by molar-refractivity contribution is 0.0777. The molecule has 0 aromatic heterocycles. The zero-order valence-electron chi connectivity index (χ0n) is 11.9. The molecular formula is C16H25NO. The minimum atomic E-state index is 0.699. The van der Waals surface area contributed by atoms with Crippen LogP contribution in [0, 0.1) is 26.7 Å². The largest absolute Gasteiger partial charge is 0.376 e. The van der Waals surface area contributed by atoms with Gasteiger partial charge in [-0.3, -0.25) is 0 Å².